The van der Waals surface area contributed by atoms with Crippen molar-refractivity contribution in [1.29, 1.82) is 0 Å². The Bertz CT molecular complexity index is 984. The first kappa shape index (κ1) is 19.4. The van der Waals surface area contributed by atoms with Crippen molar-refractivity contribution in [3.05, 3.63) is 59.7 Å². The number of sulfonamides is 1. The van der Waals surface area contributed by atoms with E-state index >= 15 is 0 Å². The Kier molecular flexibility index (Phi) is 5.56. The van der Waals surface area contributed by atoms with E-state index < -0.39 is 37.4 Å². The van der Waals surface area contributed by atoms with Gasteiger partial charge in [0.1, 0.15) is 0 Å². The van der Waals surface area contributed by atoms with Gasteiger partial charge in [-0.1, -0.05) is 0 Å². The van der Waals surface area contributed by atoms with Crippen LogP contribution in [0.25, 0.3) is 0 Å². The molecule has 0 saturated carbocycles. The van der Waals surface area contributed by atoms with E-state index in [0.29, 0.717) is 36.2 Å². The molecule has 2 aromatic rings. The molecule has 1 fully saturated rings. The summed E-state index contributed by atoms with van der Waals surface area (Å²) in [5.74, 6) is -1.74. The first-order valence-corrected chi connectivity index (χ1v) is 11.0. The van der Waals surface area contributed by atoms with E-state index in [4.69, 9.17) is 0 Å². The number of nitrogens with zero attached hydrogens (tertiary/aromatic N) is 1. The fraction of sp³-hybridized carbons (Fsp3) is 0.235. The van der Waals surface area contributed by atoms with Gasteiger partial charge in [0.25, 0.3) is 15.9 Å². The van der Waals surface area contributed by atoms with Crippen LogP contribution in [-0.2, 0) is 20.8 Å². The van der Waals surface area contributed by atoms with Crippen molar-refractivity contribution in [2.45, 2.75) is 4.90 Å². The maximum atomic E-state index is 13.3. The molecule has 0 unspecified atom stereocenters. The smallest absolute Gasteiger partial charge is 0.261 e. The van der Waals surface area contributed by atoms with E-state index in [9.17, 15) is 26.2 Å². The average molecular weight is 414 g/mol. The van der Waals surface area contributed by atoms with Gasteiger partial charge in [-0.2, -0.15) is 0 Å². The molecular weight excluding hydrogens is 398 g/mol. The zero-order valence-electron chi connectivity index (χ0n) is 14.0. The van der Waals surface area contributed by atoms with E-state index in [2.05, 4.69) is 4.72 Å². The average Bonchev–Trinajstić information content (AvgIpc) is 2.64. The number of carbonyl (C=O) groups excluding carboxylic acids is 1. The molecule has 10 heteroatoms. The van der Waals surface area contributed by atoms with Crippen LogP contribution in [-0.4, -0.2) is 48.0 Å². The zero-order chi connectivity index (χ0) is 19.6. The van der Waals surface area contributed by atoms with Gasteiger partial charge in [0.05, 0.1) is 4.90 Å². The molecule has 6 nitrogen and oxygen atoms in total. The van der Waals surface area contributed by atoms with Gasteiger partial charge in [-0.15, -0.1) is 0 Å². The summed E-state index contributed by atoms with van der Waals surface area (Å²) in [6.07, 6.45) is 0. The van der Waals surface area contributed by atoms with Crippen LogP contribution in [0, 0.1) is 11.6 Å². The quantitative estimate of drug-likeness (QED) is 0.829. The molecule has 0 atom stereocenters. The van der Waals surface area contributed by atoms with Crippen LogP contribution in [0.3, 0.4) is 0 Å². The fourth-order valence-electron chi connectivity index (χ4n) is 2.56. The lowest BCUT2D eigenvalue weighted by Crippen LogP contribution is -2.41. The van der Waals surface area contributed by atoms with E-state index in [-0.39, 0.29) is 11.6 Å². The molecule has 1 aliphatic heterocycles. The van der Waals surface area contributed by atoms with Crippen LogP contribution >= 0.6 is 0 Å². The van der Waals surface area contributed by atoms with E-state index in [1.54, 1.807) is 4.90 Å². The molecular formula is C17H16F2N2O4S2. The van der Waals surface area contributed by atoms with Crippen molar-refractivity contribution < 1.29 is 26.2 Å². The summed E-state index contributed by atoms with van der Waals surface area (Å²) in [7, 11) is -4.99. The van der Waals surface area contributed by atoms with Gasteiger partial charge in [0, 0.05) is 46.6 Å². The standard InChI is InChI=1S/C17H16F2N2O4S2/c18-15-6-5-14(11-16(15)19)27(24,25)20-13-3-1-12(2-4-13)17(22)21-7-9-26(23)10-8-21/h1-6,11,20H,7-10H2. The summed E-state index contributed by atoms with van der Waals surface area (Å²) < 4.78 is 64.4. The van der Waals surface area contributed by atoms with Gasteiger partial charge < -0.3 is 4.90 Å². The highest BCUT2D eigenvalue weighted by Crippen LogP contribution is 2.19. The molecule has 1 saturated heterocycles. The number of hydrogen-bond donors (Lipinski definition) is 1. The number of rotatable bonds is 4. The van der Waals surface area contributed by atoms with Gasteiger partial charge in [-0.3, -0.25) is 13.7 Å². The highest BCUT2D eigenvalue weighted by Gasteiger charge is 2.21. The summed E-state index contributed by atoms with van der Waals surface area (Å²) in [6.45, 7) is 0.825. The van der Waals surface area contributed by atoms with E-state index in [1.807, 2.05) is 0 Å². The van der Waals surface area contributed by atoms with Crippen LogP contribution in [0.15, 0.2) is 47.4 Å². The molecule has 0 bridgehead atoms. The lowest BCUT2D eigenvalue weighted by molar-refractivity contribution is 0.0771. The first-order valence-electron chi connectivity index (χ1n) is 7.98. The molecule has 0 radical (unpaired) electrons. The Labute approximate surface area is 157 Å². The van der Waals surface area contributed by atoms with Gasteiger partial charge in [-0.05, 0) is 42.5 Å². The second-order valence-corrected chi connectivity index (χ2v) is 9.28. The molecule has 0 aromatic heterocycles. The summed E-state index contributed by atoms with van der Waals surface area (Å²) in [6, 6.07) is 8.04. The Morgan fingerprint density at radius 1 is 1.00 bits per heavy atom. The third kappa shape index (κ3) is 4.51. The normalized spacial score (nSPS) is 15.6. The minimum Gasteiger partial charge on any atom is -0.337 e. The molecule has 1 aliphatic rings. The molecule has 2 aromatic carbocycles. The van der Waals surface area contributed by atoms with Crippen molar-refractivity contribution in [3.8, 4) is 0 Å². The molecule has 0 spiro atoms. The highest BCUT2D eigenvalue weighted by molar-refractivity contribution is 7.92. The lowest BCUT2D eigenvalue weighted by atomic mass is 10.2. The first-order chi connectivity index (χ1) is 12.8. The number of anilines is 1. The predicted octanol–water partition coefficient (Wildman–Crippen LogP) is 1.97. The predicted molar refractivity (Wildman–Crippen MR) is 97.4 cm³/mol. The number of benzene rings is 2. The second-order valence-electron chi connectivity index (χ2n) is 5.90. The summed E-state index contributed by atoms with van der Waals surface area (Å²) in [5.41, 5.74) is 0.550. The Morgan fingerprint density at radius 2 is 1.63 bits per heavy atom. The number of carbonyl (C=O) groups is 1. The van der Waals surface area contributed by atoms with Crippen LogP contribution in [0.1, 0.15) is 10.4 Å². The van der Waals surface area contributed by atoms with Crippen molar-refractivity contribution in [1.82, 2.24) is 4.90 Å². The maximum absolute atomic E-state index is 13.3. The number of nitrogens with one attached hydrogen (secondary N) is 1. The van der Waals surface area contributed by atoms with Crippen LogP contribution in [0.4, 0.5) is 14.5 Å². The molecule has 27 heavy (non-hydrogen) atoms. The lowest BCUT2D eigenvalue weighted by Gasteiger charge is -2.26. The number of amides is 1. The Balaban J connectivity index is 1.72. The van der Waals surface area contributed by atoms with Gasteiger partial charge in [0.15, 0.2) is 11.6 Å². The Morgan fingerprint density at radius 3 is 2.22 bits per heavy atom. The highest BCUT2D eigenvalue weighted by atomic mass is 32.2. The van der Waals surface area contributed by atoms with Gasteiger partial charge in [-0.25, -0.2) is 17.2 Å². The summed E-state index contributed by atoms with van der Waals surface area (Å²) >= 11 is 0. The van der Waals surface area contributed by atoms with Crippen molar-refractivity contribution in [2.75, 3.05) is 29.3 Å². The van der Waals surface area contributed by atoms with E-state index in [0.717, 1.165) is 12.1 Å². The van der Waals surface area contributed by atoms with Crippen molar-refractivity contribution in [3.63, 3.8) is 0 Å². The minimum atomic E-state index is -4.10. The van der Waals surface area contributed by atoms with Gasteiger partial charge in [0.2, 0.25) is 0 Å². The van der Waals surface area contributed by atoms with Crippen molar-refractivity contribution >= 4 is 32.4 Å². The number of halogens is 2. The van der Waals surface area contributed by atoms with Crippen molar-refractivity contribution in [2.24, 2.45) is 0 Å². The fourth-order valence-corrected chi connectivity index (χ4v) is 4.68. The third-order valence-corrected chi connectivity index (χ3v) is 6.71. The minimum absolute atomic E-state index is 0.177. The molecule has 1 heterocycles. The molecule has 0 aliphatic carbocycles. The van der Waals surface area contributed by atoms with Crippen LogP contribution in [0.5, 0.6) is 0 Å². The SMILES string of the molecule is O=C(c1ccc(NS(=O)(=O)c2ccc(F)c(F)c2)cc1)N1CCS(=O)CC1. The molecule has 3 rings (SSSR count). The monoisotopic (exact) mass is 414 g/mol. The molecule has 1 N–H and O–H groups in total. The number of hydrogen-bond acceptors (Lipinski definition) is 4. The summed E-state index contributed by atoms with van der Waals surface area (Å²) in [5, 5.41) is 0. The topological polar surface area (TPSA) is 83.6 Å². The van der Waals surface area contributed by atoms with E-state index in [1.165, 1.54) is 24.3 Å². The largest absolute Gasteiger partial charge is 0.337 e. The third-order valence-electron chi connectivity index (χ3n) is 4.05. The maximum Gasteiger partial charge on any atom is 0.261 e. The van der Waals surface area contributed by atoms with Gasteiger partial charge >= 0.3 is 0 Å². The molecule has 144 valence electrons. The Hall–Kier alpha value is -2.33. The summed E-state index contributed by atoms with van der Waals surface area (Å²) in [4.78, 5) is 13.6. The molecule has 1 amide bonds. The zero-order valence-corrected chi connectivity index (χ0v) is 15.7. The second kappa shape index (κ2) is 7.73. The van der Waals surface area contributed by atoms with Crippen LogP contribution < -0.4 is 4.72 Å². The van der Waals surface area contributed by atoms with Crippen LogP contribution in [0.2, 0.25) is 0 Å².